The molecule has 0 saturated carbocycles. The molecule has 50 heavy (non-hydrogen) atoms. The van der Waals surface area contributed by atoms with Crippen molar-refractivity contribution < 1.29 is 28.7 Å². The fourth-order valence-corrected chi connectivity index (χ4v) is 5.26. The third kappa shape index (κ3) is 19.9. The molecular weight excluding hydrogens is 630 g/mol. The topological polar surface area (TPSA) is 123 Å². The van der Waals surface area contributed by atoms with Gasteiger partial charge in [-0.1, -0.05) is 93.7 Å². The van der Waals surface area contributed by atoms with Gasteiger partial charge in [-0.05, 0) is 77.7 Å². The number of ether oxygens (including phenoxy) is 2. The summed E-state index contributed by atoms with van der Waals surface area (Å²) in [7, 11) is 0. The minimum atomic E-state index is -0.818. The van der Waals surface area contributed by atoms with E-state index in [1.54, 1.807) is 19.9 Å². The third-order valence-corrected chi connectivity index (χ3v) is 7.99. The van der Waals surface area contributed by atoms with Gasteiger partial charge in [-0.3, -0.25) is 14.4 Å². The standard InChI is InChI=1S/C41H63N3O6/c1-7-11-12-13-14-15-16-17-18-19-20-21-22-23-24-25-26-27-28-29-38(46)42-32(5)40(47)44-36-30-34(41(48)49-10-4)31-37(39(36)43-33(6)45)50-35(8-2)9-3/h11-12,14-15,17-18,20-21,23-24,26-27,31-32,35-37,39H,7-10,13,16,19,22,25,28-30H2,1-6H3,(H,42,46)(H,43,45)(H,44,47)/b12-11-,15-14-,18-17-,21-20-,24-23-,27-26-/t32-,36-,37+,39+/m0/s1. The van der Waals surface area contributed by atoms with Crippen LogP contribution in [0.15, 0.2) is 84.6 Å². The SMILES string of the molecule is CC/C=C\C/C=C\C/C=C\C/C=C\C/C=C\C/C=C\CCC(=O)N[C@@H](C)C(=O)N[C@H]1CC(C(=O)OCC)=C[C@@H](OC(CC)CC)[C@@H]1NC(C)=O. The van der Waals surface area contributed by atoms with Crippen LogP contribution in [0.5, 0.6) is 0 Å². The first-order valence-electron chi connectivity index (χ1n) is 18.5. The molecule has 0 bridgehead atoms. The second-order valence-corrected chi connectivity index (χ2v) is 12.2. The van der Waals surface area contributed by atoms with Crippen LogP contribution >= 0.6 is 0 Å². The van der Waals surface area contributed by atoms with Crippen molar-refractivity contribution in [2.24, 2.45) is 0 Å². The molecule has 0 aromatic heterocycles. The van der Waals surface area contributed by atoms with Gasteiger partial charge in [0.05, 0.1) is 30.9 Å². The van der Waals surface area contributed by atoms with E-state index in [2.05, 4.69) is 83.6 Å². The van der Waals surface area contributed by atoms with Crippen LogP contribution in [0.3, 0.4) is 0 Å². The van der Waals surface area contributed by atoms with E-state index >= 15 is 0 Å². The number of amides is 3. The highest BCUT2D eigenvalue weighted by Gasteiger charge is 2.39. The predicted molar refractivity (Wildman–Crippen MR) is 203 cm³/mol. The monoisotopic (exact) mass is 693 g/mol. The predicted octanol–water partition coefficient (Wildman–Crippen LogP) is 7.43. The number of allylic oxidation sites excluding steroid dienone is 12. The number of rotatable bonds is 24. The maximum absolute atomic E-state index is 13.2. The number of nitrogens with one attached hydrogen (secondary N) is 3. The lowest BCUT2D eigenvalue weighted by Gasteiger charge is -2.39. The first-order valence-corrected chi connectivity index (χ1v) is 18.5. The molecule has 0 unspecified atom stereocenters. The summed E-state index contributed by atoms with van der Waals surface area (Å²) in [5.74, 6) is -1.42. The molecule has 0 aromatic carbocycles. The summed E-state index contributed by atoms with van der Waals surface area (Å²) < 4.78 is 11.5. The molecule has 0 aromatic rings. The second kappa shape index (κ2) is 27.8. The normalized spacial score (nSPS) is 18.9. The molecule has 9 nitrogen and oxygen atoms in total. The van der Waals surface area contributed by atoms with Crippen molar-refractivity contribution in [2.75, 3.05) is 6.61 Å². The van der Waals surface area contributed by atoms with Crippen molar-refractivity contribution in [1.29, 1.82) is 0 Å². The van der Waals surface area contributed by atoms with Gasteiger partial charge in [-0.25, -0.2) is 4.79 Å². The fraction of sp³-hybridized carbons (Fsp3) is 0.561. The number of carbonyl (C=O) groups excluding carboxylic acids is 4. The van der Waals surface area contributed by atoms with E-state index in [0.717, 1.165) is 51.4 Å². The summed E-state index contributed by atoms with van der Waals surface area (Å²) in [6.07, 6.45) is 34.7. The van der Waals surface area contributed by atoms with Crippen molar-refractivity contribution in [3.8, 4) is 0 Å². The Morgan fingerprint density at radius 2 is 1.30 bits per heavy atom. The highest BCUT2D eigenvalue weighted by molar-refractivity contribution is 5.90. The summed E-state index contributed by atoms with van der Waals surface area (Å²) in [4.78, 5) is 50.7. The van der Waals surface area contributed by atoms with Crippen LogP contribution in [0.1, 0.15) is 112 Å². The van der Waals surface area contributed by atoms with E-state index in [-0.39, 0.29) is 37.4 Å². The van der Waals surface area contributed by atoms with Crippen LogP contribution < -0.4 is 16.0 Å². The molecule has 3 N–H and O–H groups in total. The summed E-state index contributed by atoms with van der Waals surface area (Å²) in [6.45, 7) is 11.1. The van der Waals surface area contributed by atoms with E-state index in [1.807, 2.05) is 26.0 Å². The maximum atomic E-state index is 13.2. The van der Waals surface area contributed by atoms with Gasteiger partial charge in [0.25, 0.3) is 0 Å². The molecule has 0 saturated heterocycles. The van der Waals surface area contributed by atoms with Crippen LogP contribution in [0.25, 0.3) is 0 Å². The Kier molecular flexibility index (Phi) is 24.5. The van der Waals surface area contributed by atoms with E-state index in [1.165, 1.54) is 6.92 Å². The Morgan fingerprint density at radius 1 is 0.780 bits per heavy atom. The van der Waals surface area contributed by atoms with Gasteiger partial charge in [0.2, 0.25) is 17.7 Å². The molecule has 1 aliphatic rings. The number of esters is 1. The van der Waals surface area contributed by atoms with Gasteiger partial charge in [0, 0.05) is 25.3 Å². The molecule has 9 heteroatoms. The molecule has 0 aliphatic heterocycles. The minimum absolute atomic E-state index is 0.0928. The van der Waals surface area contributed by atoms with Crippen molar-refractivity contribution in [3.05, 3.63) is 84.6 Å². The van der Waals surface area contributed by atoms with Crippen molar-refractivity contribution >= 4 is 23.7 Å². The Bertz CT molecular complexity index is 1220. The molecule has 1 aliphatic carbocycles. The molecule has 0 fully saturated rings. The smallest absolute Gasteiger partial charge is 0.333 e. The molecule has 4 atom stereocenters. The zero-order chi connectivity index (χ0) is 37.0. The Balaban J connectivity index is 2.53. The zero-order valence-corrected chi connectivity index (χ0v) is 31.3. The number of hydrogen-bond donors (Lipinski definition) is 3. The Morgan fingerprint density at radius 3 is 1.78 bits per heavy atom. The van der Waals surface area contributed by atoms with Crippen molar-refractivity contribution in [1.82, 2.24) is 16.0 Å². The summed E-state index contributed by atoms with van der Waals surface area (Å²) in [5.41, 5.74) is 0.378. The van der Waals surface area contributed by atoms with Crippen LogP contribution in [0, 0.1) is 0 Å². The number of carbonyl (C=O) groups is 4. The average Bonchev–Trinajstić information content (AvgIpc) is 3.09. The molecule has 0 spiro atoms. The maximum Gasteiger partial charge on any atom is 0.333 e. The van der Waals surface area contributed by atoms with E-state index in [4.69, 9.17) is 9.47 Å². The van der Waals surface area contributed by atoms with Crippen LogP contribution in [0.4, 0.5) is 0 Å². The molecule has 0 heterocycles. The lowest BCUT2D eigenvalue weighted by molar-refractivity contribution is -0.139. The average molecular weight is 694 g/mol. The van der Waals surface area contributed by atoms with Crippen molar-refractivity contribution in [3.63, 3.8) is 0 Å². The van der Waals surface area contributed by atoms with Crippen LogP contribution in [0.2, 0.25) is 0 Å². The number of hydrogen-bond acceptors (Lipinski definition) is 6. The van der Waals surface area contributed by atoms with Gasteiger partial charge in [0.1, 0.15) is 6.04 Å². The Labute approximate surface area is 301 Å². The van der Waals surface area contributed by atoms with E-state index < -0.39 is 36.1 Å². The van der Waals surface area contributed by atoms with Crippen LogP contribution in [-0.2, 0) is 28.7 Å². The van der Waals surface area contributed by atoms with Crippen LogP contribution in [-0.4, -0.2) is 60.6 Å². The summed E-state index contributed by atoms with van der Waals surface area (Å²) >= 11 is 0. The molecule has 0 radical (unpaired) electrons. The lowest BCUT2D eigenvalue weighted by atomic mass is 9.87. The highest BCUT2D eigenvalue weighted by atomic mass is 16.5. The van der Waals surface area contributed by atoms with Gasteiger partial charge in [-0.2, -0.15) is 0 Å². The zero-order valence-electron chi connectivity index (χ0n) is 31.3. The van der Waals surface area contributed by atoms with Gasteiger partial charge < -0.3 is 25.4 Å². The van der Waals surface area contributed by atoms with E-state index in [9.17, 15) is 19.2 Å². The molecule has 3 amide bonds. The first kappa shape index (κ1) is 44.0. The molecular formula is C41H63N3O6. The fourth-order valence-electron chi connectivity index (χ4n) is 5.26. The quantitative estimate of drug-likeness (QED) is 0.0714. The van der Waals surface area contributed by atoms with E-state index in [0.29, 0.717) is 12.0 Å². The van der Waals surface area contributed by atoms with Gasteiger partial charge in [-0.15, -0.1) is 0 Å². The first-order chi connectivity index (χ1) is 24.2. The van der Waals surface area contributed by atoms with Crippen molar-refractivity contribution in [2.45, 2.75) is 143 Å². The highest BCUT2D eigenvalue weighted by Crippen LogP contribution is 2.25. The molecule has 278 valence electrons. The van der Waals surface area contributed by atoms with Gasteiger partial charge >= 0.3 is 5.97 Å². The largest absolute Gasteiger partial charge is 0.463 e. The summed E-state index contributed by atoms with van der Waals surface area (Å²) in [5, 5.41) is 8.61. The molecule has 1 rings (SSSR count). The Hall–Kier alpha value is -3.98. The third-order valence-electron chi connectivity index (χ3n) is 7.99. The lowest BCUT2D eigenvalue weighted by Crippen LogP contribution is -2.61. The minimum Gasteiger partial charge on any atom is -0.463 e. The summed E-state index contributed by atoms with van der Waals surface area (Å²) in [6, 6.07) is -2.07. The second-order valence-electron chi connectivity index (χ2n) is 12.2. The van der Waals surface area contributed by atoms with Gasteiger partial charge in [0.15, 0.2) is 0 Å².